The maximum absolute atomic E-state index is 13.1. The lowest BCUT2D eigenvalue weighted by Gasteiger charge is -2.23. The minimum absolute atomic E-state index is 0.311. The summed E-state index contributed by atoms with van der Waals surface area (Å²) in [7, 11) is 0. The summed E-state index contributed by atoms with van der Waals surface area (Å²) in [6, 6.07) is 22.3. The highest BCUT2D eigenvalue weighted by Crippen LogP contribution is 2.30. The Morgan fingerprint density at radius 1 is 0.895 bits per heavy atom. The number of rotatable bonds is 8. The van der Waals surface area contributed by atoms with Gasteiger partial charge in [0.05, 0.1) is 17.7 Å². The van der Waals surface area contributed by atoms with Gasteiger partial charge in [0, 0.05) is 34.6 Å². The number of nitrogens with zero attached hydrogens (tertiary/aromatic N) is 2. The van der Waals surface area contributed by atoms with Crippen molar-refractivity contribution in [3.63, 3.8) is 0 Å². The molecule has 9 nitrogen and oxygen atoms in total. The zero-order chi connectivity index (χ0) is 26.5. The molecule has 1 aliphatic heterocycles. The second-order valence-electron chi connectivity index (χ2n) is 8.88. The summed E-state index contributed by atoms with van der Waals surface area (Å²) in [5, 5.41) is 5.49. The van der Waals surface area contributed by atoms with E-state index in [0.29, 0.717) is 42.7 Å². The third-order valence-corrected chi connectivity index (χ3v) is 6.51. The van der Waals surface area contributed by atoms with Gasteiger partial charge in [0.1, 0.15) is 6.04 Å². The van der Waals surface area contributed by atoms with Gasteiger partial charge >= 0.3 is 0 Å². The highest BCUT2D eigenvalue weighted by molar-refractivity contribution is 6.43. The molecular weight excluding hydrogens is 482 g/mol. The summed E-state index contributed by atoms with van der Waals surface area (Å²) in [6.07, 6.45) is 3.39. The van der Waals surface area contributed by atoms with Gasteiger partial charge in [-0.25, -0.2) is 4.98 Å². The highest BCUT2D eigenvalue weighted by atomic mass is 16.2. The number of aromatic amines is 1. The van der Waals surface area contributed by atoms with Gasteiger partial charge in [-0.1, -0.05) is 54.6 Å². The normalized spacial score (nSPS) is 14.6. The van der Waals surface area contributed by atoms with Gasteiger partial charge in [-0.05, 0) is 37.1 Å². The molecule has 0 aliphatic carbocycles. The second-order valence-corrected chi connectivity index (χ2v) is 8.88. The number of likely N-dealkylation sites (tertiary alicyclic amines) is 1. The van der Waals surface area contributed by atoms with Crippen LogP contribution in [0, 0.1) is 0 Å². The van der Waals surface area contributed by atoms with Crippen molar-refractivity contribution < 1.29 is 19.2 Å². The van der Waals surface area contributed by atoms with Crippen LogP contribution in [0.1, 0.15) is 23.2 Å². The number of hydrogen-bond donors (Lipinski definition) is 3. The molecule has 0 radical (unpaired) electrons. The molecule has 0 spiro atoms. The average Bonchev–Trinajstić information content (AvgIpc) is 3.64. The molecule has 1 saturated heterocycles. The number of Topliss-reactive ketones (excluding diaryl/α,β-unsaturated/α-hetero) is 1. The minimum Gasteiger partial charge on any atom is -0.344 e. The Balaban J connectivity index is 1.27. The maximum atomic E-state index is 13.1. The number of aromatic nitrogens is 2. The molecule has 1 fully saturated rings. The van der Waals surface area contributed by atoms with E-state index in [4.69, 9.17) is 0 Å². The van der Waals surface area contributed by atoms with Crippen molar-refractivity contribution in [2.24, 2.45) is 0 Å². The summed E-state index contributed by atoms with van der Waals surface area (Å²) in [5.74, 6) is -1.60. The molecule has 1 atom stereocenters. The van der Waals surface area contributed by atoms with Crippen molar-refractivity contribution in [2.45, 2.75) is 18.9 Å². The van der Waals surface area contributed by atoms with Crippen molar-refractivity contribution in [1.29, 1.82) is 0 Å². The van der Waals surface area contributed by atoms with Gasteiger partial charge < -0.3 is 20.5 Å². The Morgan fingerprint density at radius 3 is 2.29 bits per heavy atom. The highest BCUT2D eigenvalue weighted by Gasteiger charge is 2.37. The smallest absolute Gasteiger partial charge is 0.295 e. The molecule has 190 valence electrons. The van der Waals surface area contributed by atoms with Crippen LogP contribution in [-0.2, 0) is 14.4 Å². The van der Waals surface area contributed by atoms with Gasteiger partial charge in [0.25, 0.3) is 5.91 Å². The van der Waals surface area contributed by atoms with Crippen molar-refractivity contribution in [3.8, 4) is 22.5 Å². The third kappa shape index (κ3) is 5.08. The number of imidazole rings is 1. The van der Waals surface area contributed by atoms with E-state index in [-0.39, 0.29) is 5.91 Å². The van der Waals surface area contributed by atoms with E-state index in [1.165, 1.54) is 4.90 Å². The first-order valence-electron chi connectivity index (χ1n) is 12.2. The standard InChI is InChI=1S/C29H25N5O4/c35-18-32-22-12-8-19(9-13-22)25-26(31-17-30-25)20-10-14-23(15-11-20)33-28(37)24-7-4-16-34(24)29(38)27(36)21-5-2-1-3-6-21/h1-3,5-6,8-15,17-18,24H,4,7,16H2,(H,30,31)(H,32,35)(H,33,37)/t24-/m0/s1. The predicted octanol–water partition coefficient (Wildman–Crippen LogP) is 4.12. The summed E-state index contributed by atoms with van der Waals surface area (Å²) in [6.45, 7) is 0.364. The van der Waals surface area contributed by atoms with Crippen molar-refractivity contribution in [2.75, 3.05) is 17.2 Å². The van der Waals surface area contributed by atoms with Gasteiger partial charge in [-0.3, -0.25) is 19.2 Å². The lowest BCUT2D eigenvalue weighted by Crippen LogP contribution is -2.46. The van der Waals surface area contributed by atoms with Crippen LogP contribution < -0.4 is 10.6 Å². The fourth-order valence-corrected chi connectivity index (χ4v) is 4.60. The number of ketones is 1. The van der Waals surface area contributed by atoms with Crippen LogP contribution in [0.5, 0.6) is 0 Å². The first-order valence-corrected chi connectivity index (χ1v) is 12.2. The van der Waals surface area contributed by atoms with E-state index in [1.807, 2.05) is 24.3 Å². The third-order valence-electron chi connectivity index (χ3n) is 6.51. The maximum Gasteiger partial charge on any atom is 0.295 e. The SMILES string of the molecule is O=CNc1ccc(-c2nc[nH]c2-c2ccc(NC(=O)[C@@H]3CCCN3C(=O)C(=O)c3ccccc3)cc2)cc1. The summed E-state index contributed by atoms with van der Waals surface area (Å²) in [4.78, 5) is 58.2. The number of benzene rings is 3. The van der Waals surface area contributed by atoms with Crippen molar-refractivity contribution in [1.82, 2.24) is 14.9 Å². The molecule has 1 aliphatic rings. The lowest BCUT2D eigenvalue weighted by atomic mass is 10.0. The second kappa shape index (κ2) is 10.9. The van der Waals surface area contributed by atoms with Crippen LogP contribution in [0.3, 0.4) is 0 Å². The monoisotopic (exact) mass is 507 g/mol. The number of nitrogens with one attached hydrogen (secondary N) is 3. The summed E-state index contributed by atoms with van der Waals surface area (Å²) < 4.78 is 0. The molecule has 0 bridgehead atoms. The van der Waals surface area contributed by atoms with Gasteiger partial charge in [0.15, 0.2) is 0 Å². The van der Waals surface area contributed by atoms with E-state index < -0.39 is 17.7 Å². The first-order chi connectivity index (χ1) is 18.5. The molecule has 1 aromatic heterocycles. The number of amides is 3. The molecule has 4 aromatic rings. The lowest BCUT2D eigenvalue weighted by molar-refractivity contribution is -0.132. The molecule has 2 heterocycles. The molecule has 9 heteroatoms. The van der Waals surface area contributed by atoms with Crippen LogP contribution >= 0.6 is 0 Å². The van der Waals surface area contributed by atoms with E-state index in [0.717, 1.165) is 22.5 Å². The zero-order valence-electron chi connectivity index (χ0n) is 20.4. The number of carbonyl (C=O) groups excluding carboxylic acids is 4. The van der Waals surface area contributed by atoms with E-state index in [2.05, 4.69) is 20.6 Å². The van der Waals surface area contributed by atoms with E-state index in [1.54, 1.807) is 60.9 Å². The molecule has 3 amide bonds. The van der Waals surface area contributed by atoms with Crippen LogP contribution in [0.15, 0.2) is 85.2 Å². The molecule has 5 rings (SSSR count). The molecular formula is C29H25N5O4. The van der Waals surface area contributed by atoms with Crippen LogP contribution in [0.2, 0.25) is 0 Å². The van der Waals surface area contributed by atoms with Gasteiger partial charge in [-0.15, -0.1) is 0 Å². The van der Waals surface area contributed by atoms with E-state index in [9.17, 15) is 19.2 Å². The Bertz CT molecular complexity index is 1460. The van der Waals surface area contributed by atoms with Crippen LogP contribution in [0.25, 0.3) is 22.5 Å². The Hall–Kier alpha value is -5.05. The minimum atomic E-state index is -0.703. The largest absolute Gasteiger partial charge is 0.344 e. The van der Waals surface area contributed by atoms with Crippen molar-refractivity contribution >= 4 is 35.4 Å². The molecule has 0 unspecified atom stereocenters. The van der Waals surface area contributed by atoms with E-state index >= 15 is 0 Å². The summed E-state index contributed by atoms with van der Waals surface area (Å²) >= 11 is 0. The van der Waals surface area contributed by atoms with Crippen molar-refractivity contribution in [3.05, 3.63) is 90.8 Å². The number of hydrogen-bond acceptors (Lipinski definition) is 5. The predicted molar refractivity (Wildman–Crippen MR) is 143 cm³/mol. The van der Waals surface area contributed by atoms with Crippen LogP contribution in [-0.4, -0.2) is 51.5 Å². The zero-order valence-corrected chi connectivity index (χ0v) is 20.4. The Morgan fingerprint density at radius 2 is 1.58 bits per heavy atom. The topological polar surface area (TPSA) is 124 Å². The Kier molecular flexibility index (Phi) is 7.08. The summed E-state index contributed by atoms with van der Waals surface area (Å²) in [5.41, 5.74) is 4.90. The number of anilines is 2. The van der Waals surface area contributed by atoms with Gasteiger partial charge in [-0.2, -0.15) is 0 Å². The molecule has 3 N–H and O–H groups in total. The molecule has 0 saturated carbocycles. The number of carbonyl (C=O) groups is 4. The average molecular weight is 508 g/mol. The quantitative estimate of drug-likeness (QED) is 0.188. The van der Waals surface area contributed by atoms with Gasteiger partial charge in [0.2, 0.25) is 18.1 Å². The first kappa shape index (κ1) is 24.6. The Labute approximate surface area is 218 Å². The molecule has 3 aromatic carbocycles. The van der Waals surface area contributed by atoms with Crippen LogP contribution in [0.4, 0.5) is 11.4 Å². The fourth-order valence-electron chi connectivity index (χ4n) is 4.60. The fraction of sp³-hybridized carbons (Fsp3) is 0.138. The number of H-pyrrole nitrogens is 1. The molecule has 38 heavy (non-hydrogen) atoms.